The van der Waals surface area contributed by atoms with Crippen molar-refractivity contribution in [2.75, 3.05) is 13.2 Å². The zero-order valence-electron chi connectivity index (χ0n) is 20.0. The highest BCUT2D eigenvalue weighted by Crippen LogP contribution is 2.55. The molecule has 3 atom stereocenters. The molecule has 0 saturated carbocycles. The predicted molar refractivity (Wildman–Crippen MR) is 133 cm³/mol. The maximum absolute atomic E-state index is 13.8. The molecule has 2 rings (SSSR count). The third-order valence-electron chi connectivity index (χ3n) is 6.31. The van der Waals surface area contributed by atoms with Gasteiger partial charge in [-0.2, -0.15) is 0 Å². The van der Waals surface area contributed by atoms with Crippen LogP contribution in [0.25, 0.3) is 0 Å². The molecule has 0 N–H and O–H groups in total. The Hall–Kier alpha value is -1.42. The summed E-state index contributed by atoms with van der Waals surface area (Å²) >= 11 is 2.19. The Morgan fingerprint density at radius 1 is 1.09 bits per heavy atom. The number of carbonyl (C=O) groups excluding carboxylic acids is 2. The quantitative estimate of drug-likeness (QED) is 0.169. The maximum Gasteiger partial charge on any atom is 0.312 e. The molecule has 1 aliphatic carbocycles. The number of halogens is 2. The van der Waals surface area contributed by atoms with E-state index in [0.29, 0.717) is 17.7 Å². The van der Waals surface area contributed by atoms with E-state index in [1.807, 2.05) is 6.08 Å². The number of carbonyl (C=O) groups is 2. The van der Waals surface area contributed by atoms with Crippen molar-refractivity contribution in [2.24, 2.45) is 11.8 Å². The molecule has 0 heterocycles. The summed E-state index contributed by atoms with van der Waals surface area (Å²) in [6.07, 6.45) is 2.20. The van der Waals surface area contributed by atoms with Crippen molar-refractivity contribution in [2.45, 2.75) is 62.6 Å². The summed E-state index contributed by atoms with van der Waals surface area (Å²) in [6.45, 7) is 14.5. The van der Waals surface area contributed by atoms with Crippen LogP contribution in [-0.2, 0) is 26.9 Å². The van der Waals surface area contributed by atoms with Crippen molar-refractivity contribution in [1.29, 1.82) is 0 Å². The fourth-order valence-electron chi connectivity index (χ4n) is 3.55. The van der Waals surface area contributed by atoms with Crippen LogP contribution in [0.4, 0.5) is 4.39 Å². The molecule has 178 valence electrons. The number of alkyl halides is 1. The first kappa shape index (κ1) is 26.8. The second kappa shape index (κ2) is 10.2. The van der Waals surface area contributed by atoms with Crippen molar-refractivity contribution in [1.82, 2.24) is 0 Å². The first-order chi connectivity index (χ1) is 14.8. The summed E-state index contributed by atoms with van der Waals surface area (Å²) in [4.78, 5) is 26.2. The van der Waals surface area contributed by atoms with E-state index in [1.165, 1.54) is 12.1 Å². The lowest BCUT2D eigenvalue weighted by molar-refractivity contribution is -0.162. The van der Waals surface area contributed by atoms with Crippen LogP contribution in [0.2, 0.25) is 18.1 Å². The third-order valence-corrected chi connectivity index (χ3v) is 12.5. The second-order valence-electron chi connectivity index (χ2n) is 9.47. The maximum atomic E-state index is 13.8. The molecule has 0 aromatic heterocycles. The lowest BCUT2D eigenvalue weighted by atomic mass is 9.71. The molecule has 1 aromatic rings. The molecule has 0 fully saturated rings. The topological polar surface area (TPSA) is 61.8 Å². The number of hydrogen-bond acceptors (Lipinski definition) is 5. The van der Waals surface area contributed by atoms with Gasteiger partial charge in [0, 0.05) is 0 Å². The average Bonchev–Trinajstić information content (AvgIpc) is 2.69. The minimum absolute atomic E-state index is 0.0778. The van der Waals surface area contributed by atoms with Crippen LogP contribution in [0.15, 0.2) is 36.1 Å². The molecular weight excluding hydrogens is 542 g/mol. The van der Waals surface area contributed by atoms with Crippen molar-refractivity contribution >= 4 is 42.8 Å². The monoisotopic (exact) mass is 576 g/mol. The summed E-state index contributed by atoms with van der Waals surface area (Å²) in [5, 5.41) is -0.0778. The number of rotatable bonds is 7. The Balaban J connectivity index is 2.72. The van der Waals surface area contributed by atoms with Gasteiger partial charge in [-0.15, -0.1) is 0 Å². The van der Waals surface area contributed by atoms with E-state index in [-0.39, 0.29) is 24.1 Å². The summed E-state index contributed by atoms with van der Waals surface area (Å²) in [5.41, 5.74) is 0.677. The van der Waals surface area contributed by atoms with E-state index in [9.17, 15) is 14.0 Å². The van der Waals surface area contributed by atoms with E-state index in [1.54, 1.807) is 26.0 Å². The Morgan fingerprint density at radius 2 is 1.62 bits per heavy atom. The fourth-order valence-corrected chi connectivity index (χ4v) is 6.23. The van der Waals surface area contributed by atoms with Crippen LogP contribution in [-0.4, -0.2) is 33.5 Å². The van der Waals surface area contributed by atoms with Gasteiger partial charge in [0.25, 0.3) is 0 Å². The van der Waals surface area contributed by atoms with Gasteiger partial charge in [-0.3, -0.25) is 9.59 Å². The average molecular weight is 577 g/mol. The Labute approximate surface area is 205 Å². The van der Waals surface area contributed by atoms with Crippen molar-refractivity contribution < 1.29 is 27.9 Å². The zero-order valence-corrected chi connectivity index (χ0v) is 23.1. The van der Waals surface area contributed by atoms with Gasteiger partial charge in [0.05, 0.1) is 30.8 Å². The highest BCUT2D eigenvalue weighted by Gasteiger charge is 2.57. The first-order valence-corrected chi connectivity index (χ1v) is 15.0. The number of allylic oxidation sites excluding steroid dienone is 2. The largest absolute Gasteiger partial charge is 0.545 e. The molecular formula is C24H34FIO5Si. The van der Waals surface area contributed by atoms with Gasteiger partial charge in [-0.25, -0.2) is 4.39 Å². The van der Waals surface area contributed by atoms with Crippen LogP contribution in [0.3, 0.4) is 0 Å². The smallest absolute Gasteiger partial charge is 0.312 e. The summed E-state index contributed by atoms with van der Waals surface area (Å²) < 4.78 is 30.2. The van der Waals surface area contributed by atoms with Crippen LogP contribution in [0, 0.1) is 17.7 Å². The normalized spacial score (nSPS) is 23.8. The molecule has 1 unspecified atom stereocenters. The zero-order chi connectivity index (χ0) is 24.3. The molecule has 0 saturated heterocycles. The molecule has 8 heteroatoms. The Morgan fingerprint density at radius 3 is 2.12 bits per heavy atom. The highest BCUT2D eigenvalue weighted by atomic mass is 127. The molecule has 0 amide bonds. The molecule has 1 aliphatic rings. The predicted octanol–water partition coefficient (Wildman–Crippen LogP) is 6.12. The van der Waals surface area contributed by atoms with Crippen LogP contribution < -0.4 is 0 Å². The van der Waals surface area contributed by atoms with Crippen LogP contribution >= 0.6 is 22.6 Å². The van der Waals surface area contributed by atoms with Gasteiger partial charge in [0.1, 0.15) is 9.24 Å². The van der Waals surface area contributed by atoms with Gasteiger partial charge >= 0.3 is 11.9 Å². The van der Waals surface area contributed by atoms with Crippen LogP contribution in [0.1, 0.15) is 46.6 Å². The van der Waals surface area contributed by atoms with Crippen molar-refractivity contribution in [3.8, 4) is 0 Å². The third kappa shape index (κ3) is 5.38. The second-order valence-corrected chi connectivity index (χ2v) is 15.9. The molecule has 32 heavy (non-hydrogen) atoms. The Bertz CT molecular complexity index is 862. The number of esters is 2. The SMILES string of the molecule is CCOC(=O)[C@H]1CC=C(O[Si](C)(C)C(C)(C)C)C(I)(c2ccc(F)cc2)[C@@H]1C(=O)OCC. The Kier molecular flexibility index (Phi) is 8.58. The van der Waals surface area contributed by atoms with Gasteiger partial charge < -0.3 is 13.9 Å². The summed E-state index contributed by atoms with van der Waals surface area (Å²) in [6, 6.07) is 6.00. The number of ether oxygens (including phenoxy) is 2. The van der Waals surface area contributed by atoms with E-state index in [2.05, 4.69) is 56.5 Å². The van der Waals surface area contributed by atoms with Crippen LogP contribution in [0.5, 0.6) is 0 Å². The first-order valence-electron chi connectivity index (χ1n) is 11.0. The highest BCUT2D eigenvalue weighted by molar-refractivity contribution is 14.1. The molecule has 0 bridgehead atoms. The number of benzene rings is 1. The minimum Gasteiger partial charge on any atom is -0.545 e. The fraction of sp³-hybridized carbons (Fsp3) is 0.583. The molecule has 1 aromatic carbocycles. The molecule has 0 radical (unpaired) electrons. The van der Waals surface area contributed by atoms with Gasteiger partial charge in [0.15, 0.2) is 0 Å². The van der Waals surface area contributed by atoms with Gasteiger partial charge in [-0.1, -0.05) is 55.5 Å². The summed E-state index contributed by atoms with van der Waals surface area (Å²) in [7, 11) is -2.29. The lowest BCUT2D eigenvalue weighted by Gasteiger charge is -2.47. The molecule has 0 aliphatic heterocycles. The van der Waals surface area contributed by atoms with Gasteiger partial charge in [0.2, 0.25) is 8.32 Å². The molecule has 5 nitrogen and oxygen atoms in total. The number of hydrogen-bond donors (Lipinski definition) is 0. The minimum atomic E-state index is -2.29. The molecule has 0 spiro atoms. The van der Waals surface area contributed by atoms with E-state index < -0.39 is 35.5 Å². The van der Waals surface area contributed by atoms with E-state index in [0.717, 1.165) is 0 Å². The van der Waals surface area contributed by atoms with E-state index >= 15 is 0 Å². The van der Waals surface area contributed by atoms with Gasteiger partial charge in [-0.05, 0) is 62.2 Å². The van der Waals surface area contributed by atoms with E-state index in [4.69, 9.17) is 13.9 Å². The van der Waals surface area contributed by atoms with Crippen molar-refractivity contribution in [3.05, 3.63) is 47.5 Å². The van der Waals surface area contributed by atoms with Crippen molar-refractivity contribution in [3.63, 3.8) is 0 Å². The lowest BCUT2D eigenvalue weighted by Crippen LogP contribution is -2.51. The summed E-state index contributed by atoms with van der Waals surface area (Å²) in [5.74, 6) is -2.31. The standard InChI is InChI=1S/C24H34FIO5Si/c1-8-29-21(27)18-14-15-19(31-32(6,7)23(3,4)5)24(26,20(18)22(28)30-9-2)16-10-12-17(25)13-11-16/h10-13,15,18,20H,8-9,14H2,1-7H3/t18-,20-,24?/m0/s1.